The lowest BCUT2D eigenvalue weighted by Crippen LogP contribution is -2.05. The van der Waals surface area contributed by atoms with E-state index in [4.69, 9.17) is 5.21 Å². The average molecular weight is 230 g/mol. The second kappa shape index (κ2) is 4.93. The van der Waals surface area contributed by atoms with Crippen LogP contribution in [0.25, 0.3) is 10.9 Å². The highest BCUT2D eigenvalue weighted by Crippen LogP contribution is 2.19. The molecule has 1 heterocycles. The summed E-state index contributed by atoms with van der Waals surface area (Å²) < 4.78 is 0. The molecule has 0 fully saturated rings. The van der Waals surface area contributed by atoms with Crippen LogP contribution < -0.4 is 0 Å². The minimum Gasteiger partial charge on any atom is -0.411 e. The van der Waals surface area contributed by atoms with Crippen LogP contribution in [0.2, 0.25) is 0 Å². The maximum absolute atomic E-state index is 9.93. The lowest BCUT2D eigenvalue weighted by atomic mass is 10.1. The van der Waals surface area contributed by atoms with Crippen molar-refractivity contribution in [2.45, 2.75) is 19.4 Å². The molecule has 0 aliphatic rings. The zero-order valence-electron chi connectivity index (χ0n) is 9.54. The van der Waals surface area contributed by atoms with Gasteiger partial charge in [-0.05, 0) is 19.1 Å². The van der Waals surface area contributed by atoms with E-state index in [-0.39, 0.29) is 6.42 Å². The number of oxime groups is 1. The van der Waals surface area contributed by atoms with Crippen LogP contribution in [0.1, 0.15) is 25.1 Å². The van der Waals surface area contributed by atoms with Gasteiger partial charge in [-0.25, -0.2) is 0 Å². The number of para-hydroxylation sites is 1. The number of aromatic nitrogens is 1. The van der Waals surface area contributed by atoms with E-state index in [9.17, 15) is 5.11 Å². The van der Waals surface area contributed by atoms with Gasteiger partial charge in [0, 0.05) is 11.8 Å². The van der Waals surface area contributed by atoms with E-state index in [0.29, 0.717) is 11.4 Å². The molecule has 2 N–H and O–H groups in total. The van der Waals surface area contributed by atoms with Crippen LogP contribution in [0, 0.1) is 0 Å². The third kappa shape index (κ3) is 2.60. The third-order valence-electron chi connectivity index (χ3n) is 2.62. The summed E-state index contributed by atoms with van der Waals surface area (Å²) in [5, 5.41) is 22.6. The van der Waals surface area contributed by atoms with Crippen LogP contribution in [0.4, 0.5) is 0 Å². The second-order valence-electron chi connectivity index (χ2n) is 3.98. The van der Waals surface area contributed by atoms with Crippen molar-refractivity contribution in [3.05, 3.63) is 42.1 Å². The summed E-state index contributed by atoms with van der Waals surface area (Å²) in [6.45, 7) is 1.66. The first-order valence-corrected chi connectivity index (χ1v) is 5.42. The maximum Gasteiger partial charge on any atom is 0.101 e. The van der Waals surface area contributed by atoms with E-state index in [0.717, 1.165) is 10.9 Å². The smallest absolute Gasteiger partial charge is 0.101 e. The molecule has 1 unspecified atom stereocenters. The molecule has 4 nitrogen and oxygen atoms in total. The molecule has 1 aromatic heterocycles. The van der Waals surface area contributed by atoms with Gasteiger partial charge in [0.05, 0.1) is 16.9 Å². The average Bonchev–Trinajstić information content (AvgIpc) is 2.38. The fraction of sp³-hybridized carbons (Fsp3) is 0.231. The Hall–Kier alpha value is -1.94. The van der Waals surface area contributed by atoms with Gasteiger partial charge in [0.2, 0.25) is 0 Å². The highest BCUT2D eigenvalue weighted by molar-refractivity contribution is 5.82. The van der Waals surface area contributed by atoms with Crippen LogP contribution in [-0.2, 0) is 0 Å². The van der Waals surface area contributed by atoms with Gasteiger partial charge >= 0.3 is 0 Å². The van der Waals surface area contributed by atoms with Crippen molar-refractivity contribution in [1.82, 2.24) is 4.98 Å². The Balaban J connectivity index is 2.30. The molecule has 0 saturated carbocycles. The summed E-state index contributed by atoms with van der Waals surface area (Å²) in [6, 6.07) is 11.4. The topological polar surface area (TPSA) is 65.7 Å². The number of nitrogens with zero attached hydrogens (tertiary/aromatic N) is 2. The number of aliphatic hydroxyl groups is 1. The molecule has 1 aromatic carbocycles. The first kappa shape index (κ1) is 11.5. The van der Waals surface area contributed by atoms with Crippen LogP contribution in [0.15, 0.2) is 41.6 Å². The third-order valence-corrected chi connectivity index (χ3v) is 2.62. The van der Waals surface area contributed by atoms with Crippen molar-refractivity contribution >= 4 is 16.6 Å². The molecule has 0 aliphatic carbocycles. The van der Waals surface area contributed by atoms with E-state index in [1.807, 2.05) is 30.3 Å². The van der Waals surface area contributed by atoms with E-state index >= 15 is 0 Å². The fourth-order valence-corrected chi connectivity index (χ4v) is 1.69. The van der Waals surface area contributed by atoms with Gasteiger partial charge in [0.15, 0.2) is 0 Å². The number of rotatable bonds is 3. The van der Waals surface area contributed by atoms with Gasteiger partial charge in [0.25, 0.3) is 0 Å². The predicted molar refractivity (Wildman–Crippen MR) is 66.2 cm³/mol. The van der Waals surface area contributed by atoms with Crippen LogP contribution in [-0.4, -0.2) is 21.0 Å². The van der Waals surface area contributed by atoms with Gasteiger partial charge in [-0.15, -0.1) is 0 Å². The quantitative estimate of drug-likeness (QED) is 0.483. The zero-order valence-corrected chi connectivity index (χ0v) is 9.54. The molecular weight excluding hydrogens is 216 g/mol. The minimum atomic E-state index is -0.740. The van der Waals surface area contributed by atoms with E-state index in [1.54, 1.807) is 13.0 Å². The number of pyridine rings is 1. The summed E-state index contributed by atoms with van der Waals surface area (Å²) in [5.74, 6) is 0. The van der Waals surface area contributed by atoms with Crippen molar-refractivity contribution < 1.29 is 10.3 Å². The van der Waals surface area contributed by atoms with Crippen molar-refractivity contribution in [1.29, 1.82) is 0 Å². The Morgan fingerprint density at radius 3 is 2.82 bits per heavy atom. The van der Waals surface area contributed by atoms with Crippen molar-refractivity contribution in [3.63, 3.8) is 0 Å². The Morgan fingerprint density at radius 1 is 1.29 bits per heavy atom. The van der Waals surface area contributed by atoms with Crippen molar-refractivity contribution in [2.24, 2.45) is 5.16 Å². The highest BCUT2D eigenvalue weighted by atomic mass is 16.4. The molecule has 0 aliphatic heterocycles. The normalized spacial score (nSPS) is 13.9. The molecule has 0 spiro atoms. The summed E-state index contributed by atoms with van der Waals surface area (Å²) in [6.07, 6.45) is -0.461. The highest BCUT2D eigenvalue weighted by Gasteiger charge is 2.11. The molecule has 0 bridgehead atoms. The van der Waals surface area contributed by atoms with Gasteiger partial charge in [-0.1, -0.05) is 29.4 Å². The van der Waals surface area contributed by atoms with Crippen molar-refractivity contribution in [3.8, 4) is 0 Å². The lowest BCUT2D eigenvalue weighted by Gasteiger charge is -2.09. The standard InChI is InChI=1S/C13H14N2O2/c1-9(15-17)8-13(16)12-7-6-10-4-2-3-5-11(10)14-12/h2-7,13,16-17H,8H2,1H3/b15-9+. The predicted octanol–water partition coefficient (Wildman–Crippen LogP) is 2.51. The summed E-state index contributed by atoms with van der Waals surface area (Å²) >= 11 is 0. The number of benzene rings is 1. The Kier molecular flexibility index (Phi) is 3.35. The Bertz CT molecular complexity index is 552. The maximum atomic E-state index is 9.93. The molecule has 0 saturated heterocycles. The summed E-state index contributed by atoms with van der Waals surface area (Å²) in [5.41, 5.74) is 1.92. The number of hydrogen-bond acceptors (Lipinski definition) is 4. The van der Waals surface area contributed by atoms with Gasteiger partial charge in [0.1, 0.15) is 6.10 Å². The Labute approximate surface area is 99.2 Å². The van der Waals surface area contributed by atoms with E-state index in [1.165, 1.54) is 0 Å². The molecule has 17 heavy (non-hydrogen) atoms. The molecule has 4 heteroatoms. The van der Waals surface area contributed by atoms with Gasteiger partial charge < -0.3 is 10.3 Å². The second-order valence-corrected chi connectivity index (χ2v) is 3.98. The van der Waals surface area contributed by atoms with Gasteiger partial charge in [-0.2, -0.15) is 0 Å². The van der Waals surface area contributed by atoms with E-state index < -0.39 is 6.10 Å². The monoisotopic (exact) mass is 230 g/mol. The summed E-state index contributed by atoms with van der Waals surface area (Å²) in [7, 11) is 0. The molecule has 2 aromatic rings. The molecule has 0 amide bonds. The van der Waals surface area contributed by atoms with Crippen LogP contribution in [0.5, 0.6) is 0 Å². The first-order valence-electron chi connectivity index (χ1n) is 5.42. The van der Waals surface area contributed by atoms with Crippen LogP contribution in [0.3, 0.4) is 0 Å². The Morgan fingerprint density at radius 2 is 2.06 bits per heavy atom. The zero-order chi connectivity index (χ0) is 12.3. The minimum absolute atomic E-state index is 0.280. The lowest BCUT2D eigenvalue weighted by molar-refractivity contribution is 0.180. The largest absolute Gasteiger partial charge is 0.411 e. The molecule has 1 atom stereocenters. The van der Waals surface area contributed by atoms with Crippen LogP contribution >= 0.6 is 0 Å². The number of fused-ring (bicyclic) bond motifs is 1. The van der Waals surface area contributed by atoms with Crippen molar-refractivity contribution in [2.75, 3.05) is 0 Å². The summed E-state index contributed by atoms with van der Waals surface area (Å²) in [4.78, 5) is 4.38. The molecule has 2 rings (SSSR count). The number of aliphatic hydroxyl groups excluding tert-OH is 1. The fourth-order valence-electron chi connectivity index (χ4n) is 1.69. The molecule has 88 valence electrons. The first-order chi connectivity index (χ1) is 8.20. The van der Waals surface area contributed by atoms with E-state index in [2.05, 4.69) is 10.1 Å². The number of hydrogen-bond donors (Lipinski definition) is 2. The SMILES string of the molecule is C/C(CC(O)c1ccc2ccccc2n1)=N\O. The molecular formula is C13H14N2O2. The van der Waals surface area contributed by atoms with Gasteiger partial charge in [-0.3, -0.25) is 4.98 Å². The molecule has 0 radical (unpaired) electrons.